The molecular formula is C21H36O4. The first-order chi connectivity index (χ1) is 12.0. The first-order valence-corrected chi connectivity index (χ1v) is 10.1. The third-order valence-corrected chi connectivity index (χ3v) is 5.46. The summed E-state index contributed by atoms with van der Waals surface area (Å²) in [7, 11) is 0. The molecule has 0 amide bonds. The van der Waals surface area contributed by atoms with E-state index in [9.17, 15) is 19.8 Å². The minimum absolute atomic E-state index is 0.183. The predicted octanol–water partition coefficient (Wildman–Crippen LogP) is 5.67. The van der Waals surface area contributed by atoms with Gasteiger partial charge in [-0.05, 0) is 50.9 Å². The normalized spacial score (nSPS) is 18.2. The van der Waals surface area contributed by atoms with Gasteiger partial charge in [0.2, 0.25) is 0 Å². The van der Waals surface area contributed by atoms with Crippen LogP contribution in [0.5, 0.6) is 0 Å². The second-order valence-electron chi connectivity index (χ2n) is 7.57. The molecule has 1 rings (SSSR count). The highest BCUT2D eigenvalue weighted by Crippen LogP contribution is 2.34. The van der Waals surface area contributed by atoms with Crippen molar-refractivity contribution in [2.24, 2.45) is 17.8 Å². The maximum Gasteiger partial charge on any atom is 0.310 e. The van der Waals surface area contributed by atoms with Crippen LogP contribution in [0.15, 0.2) is 11.6 Å². The fourth-order valence-corrected chi connectivity index (χ4v) is 4.03. The molecule has 144 valence electrons. The van der Waals surface area contributed by atoms with E-state index in [4.69, 9.17) is 0 Å². The molecule has 0 aromatic carbocycles. The van der Waals surface area contributed by atoms with E-state index in [2.05, 4.69) is 13.0 Å². The lowest BCUT2D eigenvalue weighted by molar-refractivity contribution is -0.142. The van der Waals surface area contributed by atoms with E-state index in [-0.39, 0.29) is 11.8 Å². The zero-order valence-corrected chi connectivity index (χ0v) is 16.0. The Balaban J connectivity index is 2.82. The van der Waals surface area contributed by atoms with Gasteiger partial charge in [-0.1, -0.05) is 57.6 Å². The molecule has 0 saturated carbocycles. The largest absolute Gasteiger partial charge is 0.481 e. The quantitative estimate of drug-likeness (QED) is 0.331. The van der Waals surface area contributed by atoms with E-state index in [1.807, 2.05) is 6.92 Å². The van der Waals surface area contributed by atoms with Gasteiger partial charge in [0.25, 0.3) is 0 Å². The third-order valence-electron chi connectivity index (χ3n) is 5.46. The van der Waals surface area contributed by atoms with Crippen LogP contribution in [0.1, 0.15) is 90.9 Å². The minimum Gasteiger partial charge on any atom is -0.481 e. The predicted molar refractivity (Wildman–Crippen MR) is 101 cm³/mol. The Kier molecular flexibility index (Phi) is 10.5. The fraction of sp³-hybridized carbons (Fsp3) is 0.810. The molecule has 0 aliphatic heterocycles. The monoisotopic (exact) mass is 352 g/mol. The van der Waals surface area contributed by atoms with Gasteiger partial charge in [0.05, 0.1) is 11.8 Å². The van der Waals surface area contributed by atoms with E-state index in [1.54, 1.807) is 0 Å². The molecule has 1 aliphatic carbocycles. The summed E-state index contributed by atoms with van der Waals surface area (Å²) in [6.45, 7) is 4.16. The number of carbonyl (C=O) groups is 2. The van der Waals surface area contributed by atoms with Crippen molar-refractivity contribution >= 4 is 11.9 Å². The highest BCUT2D eigenvalue weighted by Gasteiger charge is 2.29. The van der Waals surface area contributed by atoms with Gasteiger partial charge < -0.3 is 10.2 Å². The SMILES string of the molecule is CCCCCC(CC(CCC)C(=O)O)CC(C(=O)O)C1=CCCCC1. The molecule has 0 fully saturated rings. The van der Waals surface area contributed by atoms with Crippen molar-refractivity contribution in [2.75, 3.05) is 0 Å². The van der Waals surface area contributed by atoms with Gasteiger partial charge in [-0.25, -0.2) is 0 Å². The smallest absolute Gasteiger partial charge is 0.310 e. The second kappa shape index (κ2) is 12.1. The van der Waals surface area contributed by atoms with Crippen molar-refractivity contribution in [2.45, 2.75) is 90.9 Å². The van der Waals surface area contributed by atoms with Crippen molar-refractivity contribution in [3.63, 3.8) is 0 Å². The number of aliphatic carboxylic acids is 2. The lowest BCUT2D eigenvalue weighted by atomic mass is 9.78. The number of carboxylic acid groups (broad SMARTS) is 2. The van der Waals surface area contributed by atoms with Gasteiger partial charge in [0, 0.05) is 0 Å². The molecule has 0 bridgehead atoms. The molecule has 4 nitrogen and oxygen atoms in total. The summed E-state index contributed by atoms with van der Waals surface area (Å²) in [5.74, 6) is -2.06. The van der Waals surface area contributed by atoms with E-state index in [1.165, 1.54) is 0 Å². The molecule has 0 aromatic heterocycles. The first-order valence-electron chi connectivity index (χ1n) is 10.1. The molecular weight excluding hydrogens is 316 g/mol. The molecule has 0 aromatic rings. The zero-order valence-electron chi connectivity index (χ0n) is 16.0. The summed E-state index contributed by atoms with van der Waals surface area (Å²) in [6.07, 6.45) is 13.2. The number of hydrogen-bond acceptors (Lipinski definition) is 2. The van der Waals surface area contributed by atoms with Gasteiger partial charge in [-0.15, -0.1) is 0 Å². The molecule has 3 unspecified atom stereocenters. The molecule has 25 heavy (non-hydrogen) atoms. The third kappa shape index (κ3) is 8.06. The van der Waals surface area contributed by atoms with Crippen molar-refractivity contribution in [3.05, 3.63) is 11.6 Å². The van der Waals surface area contributed by atoms with E-state index < -0.39 is 17.9 Å². The van der Waals surface area contributed by atoms with Crippen LogP contribution < -0.4 is 0 Å². The standard InChI is InChI=1S/C21H36O4/c1-3-5-7-11-16(14-18(10-4-2)20(22)23)15-19(21(24)25)17-12-8-6-9-13-17/h12,16,18-19H,3-11,13-15H2,1-2H3,(H,22,23)(H,24,25). The van der Waals surface area contributed by atoms with Crippen LogP contribution in [-0.2, 0) is 9.59 Å². The van der Waals surface area contributed by atoms with Crippen LogP contribution in [0.2, 0.25) is 0 Å². The Morgan fingerprint density at radius 3 is 2.28 bits per heavy atom. The summed E-state index contributed by atoms with van der Waals surface area (Å²) >= 11 is 0. The highest BCUT2D eigenvalue weighted by atomic mass is 16.4. The number of unbranched alkanes of at least 4 members (excludes halogenated alkanes) is 2. The molecule has 0 radical (unpaired) electrons. The zero-order chi connectivity index (χ0) is 18.7. The Morgan fingerprint density at radius 1 is 1.00 bits per heavy atom. The van der Waals surface area contributed by atoms with Crippen LogP contribution in [-0.4, -0.2) is 22.2 Å². The summed E-state index contributed by atoms with van der Waals surface area (Å²) < 4.78 is 0. The Hall–Kier alpha value is -1.32. The molecule has 0 saturated heterocycles. The van der Waals surface area contributed by atoms with Crippen molar-refractivity contribution in [3.8, 4) is 0 Å². The van der Waals surface area contributed by atoms with Crippen LogP contribution in [0.3, 0.4) is 0 Å². The number of allylic oxidation sites excluding steroid dienone is 1. The molecule has 3 atom stereocenters. The Labute approximate surface area is 152 Å². The minimum atomic E-state index is -0.740. The average molecular weight is 353 g/mol. The number of rotatable bonds is 13. The lowest BCUT2D eigenvalue weighted by Gasteiger charge is -2.26. The number of carboxylic acids is 2. The molecule has 0 heterocycles. The van der Waals surface area contributed by atoms with Crippen molar-refractivity contribution in [1.82, 2.24) is 0 Å². The van der Waals surface area contributed by atoms with Gasteiger partial charge in [0.1, 0.15) is 0 Å². The van der Waals surface area contributed by atoms with Gasteiger partial charge in [-0.2, -0.15) is 0 Å². The second-order valence-corrected chi connectivity index (χ2v) is 7.57. The average Bonchev–Trinajstić information content (AvgIpc) is 2.59. The number of hydrogen-bond donors (Lipinski definition) is 2. The first kappa shape index (κ1) is 21.7. The summed E-state index contributed by atoms with van der Waals surface area (Å²) in [5.41, 5.74) is 1.07. The molecule has 4 heteroatoms. The maximum absolute atomic E-state index is 11.9. The summed E-state index contributed by atoms with van der Waals surface area (Å²) in [6, 6.07) is 0. The van der Waals surface area contributed by atoms with E-state index >= 15 is 0 Å². The van der Waals surface area contributed by atoms with Crippen LogP contribution in [0.4, 0.5) is 0 Å². The van der Waals surface area contributed by atoms with E-state index in [0.717, 1.165) is 63.4 Å². The van der Waals surface area contributed by atoms with E-state index in [0.29, 0.717) is 19.3 Å². The highest BCUT2D eigenvalue weighted by molar-refractivity contribution is 5.73. The fourth-order valence-electron chi connectivity index (χ4n) is 4.03. The van der Waals surface area contributed by atoms with Crippen LogP contribution in [0, 0.1) is 17.8 Å². The topological polar surface area (TPSA) is 74.6 Å². The maximum atomic E-state index is 11.9. The lowest BCUT2D eigenvalue weighted by Crippen LogP contribution is -2.24. The van der Waals surface area contributed by atoms with Gasteiger partial charge >= 0.3 is 11.9 Å². The van der Waals surface area contributed by atoms with Crippen molar-refractivity contribution in [1.29, 1.82) is 0 Å². The summed E-state index contributed by atoms with van der Waals surface area (Å²) in [4.78, 5) is 23.4. The Bertz CT molecular complexity index is 441. The van der Waals surface area contributed by atoms with Crippen molar-refractivity contribution < 1.29 is 19.8 Å². The summed E-state index contributed by atoms with van der Waals surface area (Å²) in [5, 5.41) is 19.2. The van der Waals surface area contributed by atoms with Crippen LogP contribution >= 0.6 is 0 Å². The van der Waals surface area contributed by atoms with Crippen LogP contribution in [0.25, 0.3) is 0 Å². The van der Waals surface area contributed by atoms with Gasteiger partial charge in [0.15, 0.2) is 0 Å². The Morgan fingerprint density at radius 2 is 1.76 bits per heavy atom. The van der Waals surface area contributed by atoms with Gasteiger partial charge in [-0.3, -0.25) is 9.59 Å². The molecule has 2 N–H and O–H groups in total. The molecule has 0 spiro atoms. The molecule has 1 aliphatic rings.